The van der Waals surface area contributed by atoms with E-state index in [1.54, 1.807) is 11.3 Å². The molecule has 0 aromatic carbocycles. The Balaban J connectivity index is 1.76. The lowest BCUT2D eigenvalue weighted by atomic mass is 9.96. The number of thioether (sulfide) groups is 1. The largest absolute Gasteiger partial charge is 0.480 e. The highest BCUT2D eigenvalue weighted by Gasteiger charge is 2.33. The molecule has 136 valence electrons. The summed E-state index contributed by atoms with van der Waals surface area (Å²) in [7, 11) is 0. The first-order chi connectivity index (χ1) is 12.5. The van der Waals surface area contributed by atoms with Crippen LogP contribution in [0.1, 0.15) is 51.2 Å². The molecule has 1 aliphatic carbocycles. The Morgan fingerprint density at radius 3 is 2.85 bits per heavy atom. The number of hydrogen-bond acceptors (Lipinski definition) is 5. The second-order valence-corrected chi connectivity index (χ2v) is 9.31. The highest BCUT2D eigenvalue weighted by Crippen LogP contribution is 2.42. The van der Waals surface area contributed by atoms with Crippen molar-refractivity contribution in [3.63, 3.8) is 0 Å². The van der Waals surface area contributed by atoms with Gasteiger partial charge in [-0.1, -0.05) is 0 Å². The van der Waals surface area contributed by atoms with E-state index in [0.717, 1.165) is 46.8 Å². The lowest BCUT2D eigenvalue weighted by molar-refractivity contribution is -0.136. The molecular weight excluding hydrogens is 366 g/mol. The minimum Gasteiger partial charge on any atom is -0.480 e. The summed E-state index contributed by atoms with van der Waals surface area (Å²) in [6, 6.07) is 4.58. The number of nitrogens with zero attached hydrogens (tertiary/aromatic N) is 2. The summed E-state index contributed by atoms with van der Waals surface area (Å²) in [5.74, 6) is -0.767. The molecule has 0 saturated carbocycles. The predicted octanol–water partition coefficient (Wildman–Crippen LogP) is 3.69. The average Bonchev–Trinajstić information content (AvgIpc) is 3.30. The monoisotopic (exact) mass is 387 g/mol. The van der Waals surface area contributed by atoms with Gasteiger partial charge in [0, 0.05) is 28.4 Å². The third-order valence-electron chi connectivity index (χ3n) is 5.28. The third-order valence-corrected chi connectivity index (χ3v) is 7.95. The van der Waals surface area contributed by atoms with Gasteiger partial charge in [-0.25, -0.2) is 0 Å². The molecule has 0 unspecified atom stereocenters. The summed E-state index contributed by atoms with van der Waals surface area (Å²) in [5, 5.41) is 22.9. The molecule has 2 aromatic rings. The lowest BCUT2D eigenvalue weighted by Gasteiger charge is -2.12. The van der Waals surface area contributed by atoms with Crippen LogP contribution in [0.2, 0.25) is 0 Å². The van der Waals surface area contributed by atoms with Crippen LogP contribution in [0.4, 0.5) is 0 Å². The van der Waals surface area contributed by atoms with Gasteiger partial charge in [-0.15, -0.1) is 23.1 Å². The van der Waals surface area contributed by atoms with Gasteiger partial charge < -0.3 is 9.67 Å². The SMILES string of the molecule is Cc1cc([C@@H]2NC[C@H](C(=O)O)S2)c(C)n1-c1sc2c(c1C#N)CCCC2. The maximum atomic E-state index is 11.3. The highest BCUT2D eigenvalue weighted by molar-refractivity contribution is 8.01. The normalized spacial score (nSPS) is 22.2. The number of thiophene rings is 1. The van der Waals surface area contributed by atoms with E-state index in [4.69, 9.17) is 0 Å². The van der Waals surface area contributed by atoms with Crippen LogP contribution in [0.3, 0.4) is 0 Å². The van der Waals surface area contributed by atoms with Gasteiger partial charge in [0.05, 0.1) is 10.9 Å². The summed E-state index contributed by atoms with van der Waals surface area (Å²) in [6.45, 7) is 4.61. The fraction of sp³-hybridized carbons (Fsp3) is 0.474. The Hall–Kier alpha value is -1.75. The molecule has 2 N–H and O–H groups in total. The molecule has 0 radical (unpaired) electrons. The molecule has 4 rings (SSSR count). The molecule has 5 nitrogen and oxygen atoms in total. The van der Waals surface area contributed by atoms with E-state index in [1.165, 1.54) is 28.6 Å². The Labute approximate surface area is 161 Å². The first kappa shape index (κ1) is 17.7. The smallest absolute Gasteiger partial charge is 0.318 e. The first-order valence-electron chi connectivity index (χ1n) is 8.86. The Kier molecular flexibility index (Phi) is 4.59. The van der Waals surface area contributed by atoms with Crippen LogP contribution in [0, 0.1) is 25.2 Å². The maximum Gasteiger partial charge on any atom is 0.318 e. The molecule has 0 amide bonds. The van der Waals surface area contributed by atoms with Crippen molar-refractivity contribution in [2.45, 2.75) is 50.2 Å². The highest BCUT2D eigenvalue weighted by atomic mass is 32.2. The topological polar surface area (TPSA) is 78.0 Å². The number of carbonyl (C=O) groups is 1. The number of fused-ring (bicyclic) bond motifs is 1. The molecule has 0 spiro atoms. The zero-order valence-corrected chi connectivity index (χ0v) is 16.5. The Morgan fingerprint density at radius 2 is 2.15 bits per heavy atom. The van der Waals surface area contributed by atoms with Gasteiger partial charge in [-0.2, -0.15) is 5.26 Å². The fourth-order valence-electron chi connectivity index (χ4n) is 3.99. The number of nitriles is 1. The van der Waals surface area contributed by atoms with Crippen molar-refractivity contribution in [2.24, 2.45) is 0 Å². The molecule has 26 heavy (non-hydrogen) atoms. The maximum absolute atomic E-state index is 11.3. The van der Waals surface area contributed by atoms with E-state index in [0.29, 0.717) is 6.54 Å². The van der Waals surface area contributed by atoms with Crippen molar-refractivity contribution in [3.05, 3.63) is 39.0 Å². The number of carboxylic acids is 1. The number of aliphatic carboxylic acids is 1. The average molecular weight is 388 g/mol. The zero-order chi connectivity index (χ0) is 18.4. The van der Waals surface area contributed by atoms with Gasteiger partial charge in [0.2, 0.25) is 0 Å². The Morgan fingerprint density at radius 1 is 1.38 bits per heavy atom. The minimum atomic E-state index is -0.767. The minimum absolute atomic E-state index is 0.0174. The molecule has 2 aromatic heterocycles. The fourth-order valence-corrected chi connectivity index (χ4v) is 6.66. The van der Waals surface area contributed by atoms with Crippen molar-refractivity contribution >= 4 is 29.1 Å². The molecule has 1 fully saturated rings. The first-order valence-corrected chi connectivity index (χ1v) is 10.6. The van der Waals surface area contributed by atoms with Gasteiger partial charge in [0.25, 0.3) is 0 Å². The number of nitrogens with one attached hydrogen (secondary N) is 1. The number of rotatable bonds is 3. The summed E-state index contributed by atoms with van der Waals surface area (Å²) >= 11 is 3.20. The van der Waals surface area contributed by atoms with Crippen LogP contribution in [0.5, 0.6) is 0 Å². The van der Waals surface area contributed by atoms with E-state index in [2.05, 4.69) is 35.9 Å². The molecular formula is C19H21N3O2S2. The van der Waals surface area contributed by atoms with Crippen LogP contribution in [0.15, 0.2) is 6.07 Å². The molecule has 1 saturated heterocycles. The van der Waals surface area contributed by atoms with Crippen LogP contribution in [0.25, 0.3) is 5.00 Å². The third kappa shape index (κ3) is 2.77. The van der Waals surface area contributed by atoms with Gasteiger partial charge in [-0.05, 0) is 51.2 Å². The number of carboxylic acid groups (broad SMARTS) is 1. The second kappa shape index (κ2) is 6.76. The van der Waals surface area contributed by atoms with Crippen molar-refractivity contribution in [3.8, 4) is 11.1 Å². The number of hydrogen-bond donors (Lipinski definition) is 2. The van der Waals surface area contributed by atoms with E-state index in [1.807, 2.05) is 0 Å². The van der Waals surface area contributed by atoms with E-state index in [-0.39, 0.29) is 5.37 Å². The van der Waals surface area contributed by atoms with Crippen molar-refractivity contribution in [2.75, 3.05) is 6.54 Å². The van der Waals surface area contributed by atoms with Crippen molar-refractivity contribution < 1.29 is 9.90 Å². The zero-order valence-electron chi connectivity index (χ0n) is 14.8. The number of aryl methyl sites for hydroxylation is 2. The van der Waals surface area contributed by atoms with Crippen LogP contribution < -0.4 is 5.32 Å². The van der Waals surface area contributed by atoms with Crippen LogP contribution in [-0.2, 0) is 17.6 Å². The van der Waals surface area contributed by atoms with Crippen molar-refractivity contribution in [1.82, 2.24) is 9.88 Å². The van der Waals surface area contributed by atoms with Gasteiger partial charge in [0.15, 0.2) is 0 Å². The lowest BCUT2D eigenvalue weighted by Crippen LogP contribution is -2.21. The number of aromatic nitrogens is 1. The van der Waals surface area contributed by atoms with Crippen molar-refractivity contribution in [1.29, 1.82) is 5.26 Å². The standard InChI is InChI=1S/C19H21N3O2S2/c1-10-7-13(17-21-9-16(25-17)19(23)24)11(2)22(10)18-14(8-20)12-5-3-4-6-15(12)26-18/h7,16-17,21H,3-6,9H2,1-2H3,(H,23,24)/t16-,17-/m1/s1. The van der Waals surface area contributed by atoms with Gasteiger partial charge in [0.1, 0.15) is 16.3 Å². The van der Waals surface area contributed by atoms with E-state index in [9.17, 15) is 15.2 Å². The summed E-state index contributed by atoms with van der Waals surface area (Å²) in [4.78, 5) is 12.6. The van der Waals surface area contributed by atoms with Gasteiger partial charge in [-0.3, -0.25) is 10.1 Å². The Bertz CT molecular complexity index is 922. The van der Waals surface area contributed by atoms with E-state index < -0.39 is 11.2 Å². The molecule has 2 aliphatic rings. The molecule has 1 aliphatic heterocycles. The van der Waals surface area contributed by atoms with Gasteiger partial charge >= 0.3 is 5.97 Å². The van der Waals surface area contributed by atoms with Crippen LogP contribution >= 0.6 is 23.1 Å². The quantitative estimate of drug-likeness (QED) is 0.840. The van der Waals surface area contributed by atoms with Crippen LogP contribution in [-0.4, -0.2) is 27.4 Å². The molecule has 2 atom stereocenters. The summed E-state index contributed by atoms with van der Waals surface area (Å²) in [5.41, 5.74) is 5.37. The molecule has 7 heteroatoms. The van der Waals surface area contributed by atoms with E-state index >= 15 is 0 Å². The summed E-state index contributed by atoms with van der Waals surface area (Å²) < 4.78 is 2.19. The summed E-state index contributed by atoms with van der Waals surface area (Å²) in [6.07, 6.45) is 4.43. The molecule has 0 bridgehead atoms. The molecule has 3 heterocycles. The second-order valence-electron chi connectivity index (χ2n) is 6.92. The predicted molar refractivity (Wildman–Crippen MR) is 104 cm³/mol.